The maximum Gasteiger partial charge on any atom is 0.162 e. The number of rotatable bonds is 4. The van der Waals surface area contributed by atoms with E-state index in [1.807, 2.05) is 42.5 Å². The molecule has 0 amide bonds. The highest BCUT2D eigenvalue weighted by Crippen LogP contribution is 2.42. The molecule has 228 valence electrons. The maximum absolute atomic E-state index is 6.56. The molecule has 0 atom stereocenters. The third-order valence-corrected chi connectivity index (χ3v) is 9.49. The molecule has 10 rings (SSSR count). The SMILES string of the molecule is c1ccc(-c2nc(-c3ccc(-c4ccc(-c5nc6ccc7ccccc7c6c6c5oc5ccccc56)cc4)cc3)c3ccccc3n2)cc1. The van der Waals surface area contributed by atoms with Crippen LogP contribution in [0.2, 0.25) is 0 Å². The lowest BCUT2D eigenvalue weighted by Gasteiger charge is -2.11. The second kappa shape index (κ2) is 11.0. The van der Waals surface area contributed by atoms with Gasteiger partial charge in [0.05, 0.1) is 16.7 Å². The zero-order valence-corrected chi connectivity index (χ0v) is 26.3. The molecular formula is C45H27N3O. The highest BCUT2D eigenvalue weighted by atomic mass is 16.3. The van der Waals surface area contributed by atoms with Gasteiger partial charge in [-0.3, -0.25) is 0 Å². The van der Waals surface area contributed by atoms with Crippen molar-refractivity contribution < 1.29 is 4.42 Å². The minimum absolute atomic E-state index is 0.725. The molecule has 10 aromatic rings. The minimum Gasteiger partial charge on any atom is -0.454 e. The summed E-state index contributed by atoms with van der Waals surface area (Å²) in [6, 6.07) is 56.7. The van der Waals surface area contributed by atoms with E-state index in [2.05, 4.69) is 121 Å². The van der Waals surface area contributed by atoms with E-state index >= 15 is 0 Å². The van der Waals surface area contributed by atoms with Crippen molar-refractivity contribution in [1.82, 2.24) is 15.0 Å². The number of benzene rings is 7. The van der Waals surface area contributed by atoms with Gasteiger partial charge in [-0.25, -0.2) is 15.0 Å². The summed E-state index contributed by atoms with van der Waals surface area (Å²) >= 11 is 0. The van der Waals surface area contributed by atoms with Crippen molar-refractivity contribution in [3.63, 3.8) is 0 Å². The number of pyridine rings is 1. The van der Waals surface area contributed by atoms with Crippen LogP contribution in [0.1, 0.15) is 0 Å². The van der Waals surface area contributed by atoms with Gasteiger partial charge in [-0.2, -0.15) is 0 Å². The van der Waals surface area contributed by atoms with Crippen LogP contribution in [0.15, 0.2) is 168 Å². The smallest absolute Gasteiger partial charge is 0.162 e. The van der Waals surface area contributed by atoms with Crippen LogP contribution in [0.4, 0.5) is 0 Å². The van der Waals surface area contributed by atoms with Gasteiger partial charge in [0.1, 0.15) is 11.3 Å². The average molecular weight is 626 g/mol. The number of aromatic nitrogens is 3. The van der Waals surface area contributed by atoms with Crippen LogP contribution in [-0.2, 0) is 0 Å². The predicted octanol–water partition coefficient (Wildman–Crippen LogP) is 11.9. The van der Waals surface area contributed by atoms with Crippen molar-refractivity contribution in [2.24, 2.45) is 0 Å². The molecule has 7 aromatic carbocycles. The lowest BCUT2D eigenvalue weighted by Crippen LogP contribution is -1.95. The minimum atomic E-state index is 0.725. The number of fused-ring (bicyclic) bond motifs is 8. The number of furan rings is 1. The molecule has 0 N–H and O–H groups in total. The number of para-hydroxylation sites is 2. The van der Waals surface area contributed by atoms with Crippen LogP contribution in [0.25, 0.3) is 99.5 Å². The standard InChI is InChI=1S/C45H27N3O/c1-2-11-33(12-3-1)45-47-37-16-8-6-14-35(37)42(48-45)31-22-18-28(19-23-31)29-20-24-32(25-21-29)43-44-41(36-15-7-9-17-39(36)49-44)40-34-13-5-4-10-30(34)26-27-38(40)46-43/h1-27H. The molecule has 4 heteroatoms. The Bertz CT molecular complexity index is 2860. The fraction of sp³-hybridized carbons (Fsp3) is 0. The first kappa shape index (κ1) is 27.5. The average Bonchev–Trinajstić information content (AvgIpc) is 3.57. The zero-order valence-electron chi connectivity index (χ0n) is 26.3. The Morgan fingerprint density at radius 3 is 1.73 bits per heavy atom. The van der Waals surface area contributed by atoms with Gasteiger partial charge in [0.2, 0.25) is 0 Å². The molecule has 0 saturated heterocycles. The Morgan fingerprint density at radius 1 is 0.347 bits per heavy atom. The molecule has 0 aliphatic carbocycles. The van der Waals surface area contributed by atoms with E-state index in [1.54, 1.807) is 0 Å². The summed E-state index contributed by atoms with van der Waals surface area (Å²) in [5, 5.41) is 6.75. The Morgan fingerprint density at radius 2 is 0.959 bits per heavy atom. The van der Waals surface area contributed by atoms with Crippen LogP contribution < -0.4 is 0 Å². The Balaban J connectivity index is 1.06. The van der Waals surface area contributed by atoms with Gasteiger partial charge in [0, 0.05) is 38.2 Å². The van der Waals surface area contributed by atoms with Crippen molar-refractivity contribution in [1.29, 1.82) is 0 Å². The van der Waals surface area contributed by atoms with Crippen molar-refractivity contribution in [2.45, 2.75) is 0 Å². The zero-order chi connectivity index (χ0) is 32.3. The fourth-order valence-corrected chi connectivity index (χ4v) is 7.10. The molecule has 0 bridgehead atoms. The second-order valence-corrected chi connectivity index (χ2v) is 12.4. The van der Waals surface area contributed by atoms with Crippen LogP contribution in [-0.4, -0.2) is 15.0 Å². The molecule has 3 aromatic heterocycles. The normalized spacial score (nSPS) is 11.7. The number of hydrogen-bond donors (Lipinski definition) is 0. The summed E-state index contributed by atoms with van der Waals surface area (Å²) in [6.07, 6.45) is 0. The van der Waals surface area contributed by atoms with Crippen molar-refractivity contribution in [2.75, 3.05) is 0 Å². The van der Waals surface area contributed by atoms with E-state index in [0.29, 0.717) is 0 Å². The van der Waals surface area contributed by atoms with E-state index in [9.17, 15) is 0 Å². The molecule has 3 heterocycles. The summed E-state index contributed by atoms with van der Waals surface area (Å²) in [4.78, 5) is 15.1. The Hall–Kier alpha value is -6.65. The highest BCUT2D eigenvalue weighted by molar-refractivity contribution is 6.27. The molecule has 0 fully saturated rings. The third kappa shape index (κ3) is 4.49. The quantitative estimate of drug-likeness (QED) is 0.183. The third-order valence-electron chi connectivity index (χ3n) is 9.49. The largest absolute Gasteiger partial charge is 0.454 e. The number of hydrogen-bond acceptors (Lipinski definition) is 4. The van der Waals surface area contributed by atoms with Crippen molar-refractivity contribution in [3.8, 4) is 45.0 Å². The van der Waals surface area contributed by atoms with Crippen LogP contribution >= 0.6 is 0 Å². The molecular weight excluding hydrogens is 599 g/mol. The lowest BCUT2D eigenvalue weighted by molar-refractivity contribution is 0.669. The predicted molar refractivity (Wildman–Crippen MR) is 201 cm³/mol. The summed E-state index contributed by atoms with van der Waals surface area (Å²) < 4.78 is 6.56. The van der Waals surface area contributed by atoms with Crippen LogP contribution in [0, 0.1) is 0 Å². The first-order valence-corrected chi connectivity index (χ1v) is 16.4. The highest BCUT2D eigenvalue weighted by Gasteiger charge is 2.19. The first-order valence-electron chi connectivity index (χ1n) is 16.4. The van der Waals surface area contributed by atoms with E-state index in [-0.39, 0.29) is 0 Å². The summed E-state index contributed by atoms with van der Waals surface area (Å²) in [5.41, 5.74) is 10.7. The van der Waals surface area contributed by atoms with Crippen LogP contribution in [0.3, 0.4) is 0 Å². The monoisotopic (exact) mass is 625 g/mol. The second-order valence-electron chi connectivity index (χ2n) is 12.4. The Kier molecular flexibility index (Phi) is 6.15. The molecule has 49 heavy (non-hydrogen) atoms. The number of nitrogens with zero attached hydrogens (tertiary/aromatic N) is 3. The van der Waals surface area contributed by atoms with E-state index in [1.165, 1.54) is 10.8 Å². The lowest BCUT2D eigenvalue weighted by atomic mass is 9.97. The van der Waals surface area contributed by atoms with E-state index < -0.39 is 0 Å². The van der Waals surface area contributed by atoms with E-state index in [4.69, 9.17) is 19.4 Å². The summed E-state index contributed by atoms with van der Waals surface area (Å²) in [7, 11) is 0. The molecule has 0 radical (unpaired) electrons. The van der Waals surface area contributed by atoms with Gasteiger partial charge in [0.15, 0.2) is 11.4 Å². The molecule has 4 nitrogen and oxygen atoms in total. The first-order chi connectivity index (χ1) is 24.3. The molecule has 0 aliphatic heterocycles. The van der Waals surface area contributed by atoms with Gasteiger partial charge in [0.25, 0.3) is 0 Å². The Labute approximate surface area is 282 Å². The molecule has 0 saturated carbocycles. The van der Waals surface area contributed by atoms with Gasteiger partial charge in [-0.05, 0) is 40.1 Å². The topological polar surface area (TPSA) is 51.8 Å². The van der Waals surface area contributed by atoms with Gasteiger partial charge < -0.3 is 4.42 Å². The molecule has 0 spiro atoms. The molecule has 0 unspecified atom stereocenters. The van der Waals surface area contributed by atoms with Crippen molar-refractivity contribution in [3.05, 3.63) is 164 Å². The van der Waals surface area contributed by atoms with Crippen LogP contribution in [0.5, 0.6) is 0 Å². The van der Waals surface area contributed by atoms with Gasteiger partial charge in [-0.15, -0.1) is 0 Å². The molecule has 0 aliphatic rings. The van der Waals surface area contributed by atoms with E-state index in [0.717, 1.165) is 88.8 Å². The van der Waals surface area contributed by atoms with Gasteiger partial charge >= 0.3 is 0 Å². The van der Waals surface area contributed by atoms with Gasteiger partial charge in [-0.1, -0.05) is 146 Å². The summed E-state index contributed by atoms with van der Waals surface area (Å²) in [5.74, 6) is 0.725. The summed E-state index contributed by atoms with van der Waals surface area (Å²) in [6.45, 7) is 0. The maximum atomic E-state index is 6.56. The van der Waals surface area contributed by atoms with Crippen molar-refractivity contribution >= 4 is 54.5 Å². The fourth-order valence-electron chi connectivity index (χ4n) is 7.10.